The fourth-order valence-corrected chi connectivity index (χ4v) is 2.71. The zero-order valence-electron chi connectivity index (χ0n) is 14.3. The first-order valence-electron chi connectivity index (χ1n) is 8.18. The third kappa shape index (κ3) is 3.15. The van der Waals surface area contributed by atoms with Crippen LogP contribution in [-0.4, -0.2) is 32.7 Å². The topological polar surface area (TPSA) is 101 Å². The minimum Gasteiger partial charge on any atom is -0.410 e. The van der Waals surface area contributed by atoms with E-state index in [0.29, 0.717) is 17.1 Å². The average Bonchev–Trinajstić information content (AvgIpc) is 3.14. The summed E-state index contributed by atoms with van der Waals surface area (Å²) in [6.07, 6.45) is 2.75. The number of rotatable bonds is 3. The Balaban J connectivity index is 1.77. The van der Waals surface area contributed by atoms with Gasteiger partial charge in [-0.15, -0.1) is 0 Å². The molecule has 0 spiro atoms. The highest BCUT2D eigenvalue weighted by Gasteiger charge is 2.12. The van der Waals surface area contributed by atoms with Crippen LogP contribution in [0.5, 0.6) is 5.75 Å². The van der Waals surface area contributed by atoms with Crippen LogP contribution in [0.4, 0.5) is 4.79 Å². The van der Waals surface area contributed by atoms with E-state index in [-0.39, 0.29) is 5.56 Å². The van der Waals surface area contributed by atoms with Crippen LogP contribution >= 0.6 is 0 Å². The molecule has 27 heavy (non-hydrogen) atoms. The summed E-state index contributed by atoms with van der Waals surface area (Å²) in [5.41, 5.74) is 3.14. The van der Waals surface area contributed by atoms with Gasteiger partial charge in [-0.05, 0) is 42.0 Å². The molecule has 1 amide bonds. The standard InChI is InChI=1S/C19H15N5O3/c1-20-19(26)27-13-7-5-12(6-8-13)16-10-17(25)24-18(23-16)14(11-22-24)15-4-2-3-9-21-15/h2-11,23H,1H3,(H,20,26). The van der Waals surface area contributed by atoms with Crippen molar-refractivity contribution in [2.75, 3.05) is 7.05 Å². The van der Waals surface area contributed by atoms with Gasteiger partial charge in [0.15, 0.2) is 0 Å². The van der Waals surface area contributed by atoms with Crippen molar-refractivity contribution in [3.05, 3.63) is 71.3 Å². The number of hydrogen-bond donors (Lipinski definition) is 2. The molecule has 0 saturated carbocycles. The largest absolute Gasteiger partial charge is 0.412 e. The number of aromatic nitrogens is 4. The Kier molecular flexibility index (Phi) is 4.13. The SMILES string of the molecule is CNC(=O)Oc1ccc(-c2cc(=O)n3ncc(-c4ccccn4)c3[nH]2)cc1. The number of aromatic amines is 1. The molecule has 0 aliphatic carbocycles. The van der Waals surface area contributed by atoms with Crippen molar-refractivity contribution >= 4 is 11.7 Å². The molecule has 134 valence electrons. The maximum atomic E-state index is 12.5. The van der Waals surface area contributed by atoms with E-state index in [1.165, 1.54) is 17.6 Å². The summed E-state index contributed by atoms with van der Waals surface area (Å²) in [4.78, 5) is 31.3. The van der Waals surface area contributed by atoms with Crippen LogP contribution in [0.15, 0.2) is 65.7 Å². The number of carbonyl (C=O) groups excluding carboxylic acids is 1. The summed E-state index contributed by atoms with van der Waals surface area (Å²) in [5, 5.41) is 6.54. The van der Waals surface area contributed by atoms with Crippen molar-refractivity contribution in [3.8, 4) is 28.3 Å². The molecule has 0 atom stereocenters. The summed E-state index contributed by atoms with van der Waals surface area (Å²) in [5.74, 6) is 0.403. The zero-order valence-corrected chi connectivity index (χ0v) is 14.3. The Morgan fingerprint density at radius 3 is 2.70 bits per heavy atom. The molecular formula is C19H15N5O3. The first-order valence-corrected chi connectivity index (χ1v) is 8.18. The number of nitrogens with zero attached hydrogens (tertiary/aromatic N) is 3. The highest BCUT2D eigenvalue weighted by molar-refractivity contribution is 5.76. The van der Waals surface area contributed by atoms with E-state index in [9.17, 15) is 9.59 Å². The number of fused-ring (bicyclic) bond motifs is 1. The molecule has 0 radical (unpaired) electrons. The lowest BCUT2D eigenvalue weighted by atomic mass is 10.1. The van der Waals surface area contributed by atoms with E-state index < -0.39 is 6.09 Å². The first-order chi connectivity index (χ1) is 13.2. The van der Waals surface area contributed by atoms with Gasteiger partial charge in [-0.25, -0.2) is 4.79 Å². The average molecular weight is 361 g/mol. The van der Waals surface area contributed by atoms with Crippen molar-refractivity contribution in [3.63, 3.8) is 0 Å². The second-order valence-corrected chi connectivity index (χ2v) is 5.72. The van der Waals surface area contributed by atoms with Gasteiger partial charge in [0.1, 0.15) is 11.4 Å². The van der Waals surface area contributed by atoms with Gasteiger partial charge in [0, 0.05) is 19.3 Å². The van der Waals surface area contributed by atoms with Gasteiger partial charge in [0.2, 0.25) is 0 Å². The summed E-state index contributed by atoms with van der Waals surface area (Å²) in [7, 11) is 1.49. The fourth-order valence-electron chi connectivity index (χ4n) is 2.71. The maximum Gasteiger partial charge on any atom is 0.412 e. The number of amides is 1. The summed E-state index contributed by atoms with van der Waals surface area (Å²) in [6.45, 7) is 0. The van der Waals surface area contributed by atoms with Crippen LogP contribution in [0.25, 0.3) is 28.2 Å². The number of carbonyl (C=O) groups is 1. The number of hydrogen-bond acceptors (Lipinski definition) is 5. The Hall–Kier alpha value is -3.94. The Morgan fingerprint density at radius 2 is 2.00 bits per heavy atom. The van der Waals surface area contributed by atoms with Crippen LogP contribution in [0, 0.1) is 0 Å². The van der Waals surface area contributed by atoms with Gasteiger partial charge in [-0.1, -0.05) is 6.07 Å². The molecule has 0 aliphatic heterocycles. The minimum absolute atomic E-state index is 0.258. The number of nitrogens with one attached hydrogen (secondary N) is 2. The third-order valence-corrected chi connectivity index (χ3v) is 4.02. The molecule has 8 nitrogen and oxygen atoms in total. The second-order valence-electron chi connectivity index (χ2n) is 5.72. The third-order valence-electron chi connectivity index (χ3n) is 4.02. The lowest BCUT2D eigenvalue weighted by Gasteiger charge is -2.06. The highest BCUT2D eigenvalue weighted by Crippen LogP contribution is 2.24. The molecule has 4 rings (SSSR count). The van der Waals surface area contributed by atoms with E-state index in [2.05, 4.69) is 20.4 Å². The van der Waals surface area contributed by atoms with E-state index in [0.717, 1.165) is 16.8 Å². The summed E-state index contributed by atoms with van der Waals surface area (Å²) in [6, 6.07) is 13.9. The summed E-state index contributed by atoms with van der Waals surface area (Å²) < 4.78 is 6.37. The van der Waals surface area contributed by atoms with Crippen molar-refractivity contribution in [1.82, 2.24) is 24.9 Å². The molecule has 0 bridgehead atoms. The van der Waals surface area contributed by atoms with Gasteiger partial charge in [0.25, 0.3) is 5.56 Å². The van der Waals surface area contributed by atoms with Gasteiger partial charge in [-0.3, -0.25) is 9.78 Å². The quantitative estimate of drug-likeness (QED) is 0.584. The van der Waals surface area contributed by atoms with E-state index in [1.807, 2.05) is 18.2 Å². The number of H-pyrrole nitrogens is 1. The Bertz CT molecular complexity index is 1160. The van der Waals surface area contributed by atoms with Gasteiger partial charge in [-0.2, -0.15) is 9.61 Å². The van der Waals surface area contributed by atoms with Crippen molar-refractivity contribution < 1.29 is 9.53 Å². The van der Waals surface area contributed by atoms with Crippen molar-refractivity contribution in [2.45, 2.75) is 0 Å². The minimum atomic E-state index is -0.545. The van der Waals surface area contributed by atoms with Crippen LogP contribution in [0.1, 0.15) is 0 Å². The number of ether oxygens (including phenoxy) is 1. The van der Waals surface area contributed by atoms with Crippen LogP contribution in [-0.2, 0) is 0 Å². The molecule has 3 heterocycles. The molecule has 1 aromatic carbocycles. The molecule has 8 heteroatoms. The Morgan fingerprint density at radius 1 is 1.19 bits per heavy atom. The smallest absolute Gasteiger partial charge is 0.410 e. The monoisotopic (exact) mass is 361 g/mol. The fraction of sp³-hybridized carbons (Fsp3) is 0.0526. The van der Waals surface area contributed by atoms with E-state index in [1.54, 1.807) is 36.7 Å². The van der Waals surface area contributed by atoms with Crippen molar-refractivity contribution in [1.29, 1.82) is 0 Å². The summed E-state index contributed by atoms with van der Waals surface area (Å²) >= 11 is 0. The molecule has 0 saturated heterocycles. The second kappa shape index (κ2) is 6.75. The molecule has 3 aromatic heterocycles. The Labute approximate surface area is 153 Å². The van der Waals surface area contributed by atoms with Crippen LogP contribution < -0.4 is 15.6 Å². The highest BCUT2D eigenvalue weighted by atomic mass is 16.5. The zero-order chi connectivity index (χ0) is 18.8. The first kappa shape index (κ1) is 16.5. The van der Waals surface area contributed by atoms with Gasteiger partial charge < -0.3 is 15.0 Å². The maximum absolute atomic E-state index is 12.5. The molecular weight excluding hydrogens is 346 g/mol. The predicted molar refractivity (Wildman–Crippen MR) is 99.6 cm³/mol. The lowest BCUT2D eigenvalue weighted by molar-refractivity contribution is 0.203. The molecule has 0 unspecified atom stereocenters. The lowest BCUT2D eigenvalue weighted by Crippen LogP contribution is -2.21. The molecule has 0 aliphatic rings. The predicted octanol–water partition coefficient (Wildman–Crippen LogP) is 2.47. The van der Waals surface area contributed by atoms with Gasteiger partial charge >= 0.3 is 6.09 Å². The van der Waals surface area contributed by atoms with E-state index in [4.69, 9.17) is 4.74 Å². The number of pyridine rings is 1. The van der Waals surface area contributed by atoms with Crippen molar-refractivity contribution in [2.24, 2.45) is 0 Å². The molecule has 4 aromatic rings. The number of benzene rings is 1. The molecule has 2 N–H and O–H groups in total. The van der Waals surface area contributed by atoms with Crippen LogP contribution in [0.2, 0.25) is 0 Å². The van der Waals surface area contributed by atoms with E-state index >= 15 is 0 Å². The molecule has 0 fully saturated rings. The van der Waals surface area contributed by atoms with Crippen LogP contribution in [0.3, 0.4) is 0 Å². The normalized spacial score (nSPS) is 10.7. The van der Waals surface area contributed by atoms with Gasteiger partial charge in [0.05, 0.1) is 23.1 Å².